The molecule has 0 amide bonds. The van der Waals surface area contributed by atoms with Crippen LogP contribution in [-0.2, 0) is 0 Å². The smallest absolute Gasteiger partial charge is 0.0540 e. The quantitative estimate of drug-likeness (QED) is 0.668. The van der Waals surface area contributed by atoms with Gasteiger partial charge in [-0.3, -0.25) is 0 Å². The molecule has 112 valence electrons. The van der Waals surface area contributed by atoms with Crippen molar-refractivity contribution < 1.29 is 5.11 Å². The van der Waals surface area contributed by atoms with Crippen LogP contribution in [0.1, 0.15) is 96.3 Å². The second-order valence-electron chi connectivity index (χ2n) is 7.09. The van der Waals surface area contributed by atoms with Crippen molar-refractivity contribution in [1.82, 2.24) is 0 Å². The normalized spacial score (nSPS) is 33.3. The van der Waals surface area contributed by atoms with Gasteiger partial charge >= 0.3 is 0 Å². The fourth-order valence-electron chi connectivity index (χ4n) is 4.24. The Bertz CT molecular complexity index is 196. The molecule has 1 N–H and O–H groups in total. The van der Waals surface area contributed by atoms with E-state index in [-0.39, 0.29) is 6.10 Å². The van der Waals surface area contributed by atoms with E-state index >= 15 is 0 Å². The molecule has 0 bridgehead atoms. The molecule has 0 radical (unpaired) electrons. The van der Waals surface area contributed by atoms with Crippen molar-refractivity contribution in [3.63, 3.8) is 0 Å². The second kappa shape index (κ2) is 9.00. The molecule has 3 saturated carbocycles. The Labute approximate surface area is 120 Å². The van der Waals surface area contributed by atoms with E-state index in [0.717, 1.165) is 24.7 Å². The minimum atomic E-state index is 0.0276. The zero-order valence-corrected chi connectivity index (χ0v) is 12.8. The lowest BCUT2D eigenvalue weighted by molar-refractivity contribution is 0.0822. The van der Waals surface area contributed by atoms with Gasteiger partial charge < -0.3 is 5.11 Å². The lowest BCUT2D eigenvalue weighted by Gasteiger charge is -2.34. The van der Waals surface area contributed by atoms with Gasteiger partial charge in [0.25, 0.3) is 0 Å². The molecular formula is C18H34O. The van der Waals surface area contributed by atoms with E-state index in [9.17, 15) is 5.11 Å². The van der Waals surface area contributed by atoms with Gasteiger partial charge in [-0.1, -0.05) is 70.6 Å². The summed E-state index contributed by atoms with van der Waals surface area (Å²) >= 11 is 0. The average molecular weight is 266 g/mol. The molecule has 1 nitrogen and oxygen atoms in total. The first-order valence-corrected chi connectivity index (χ1v) is 9.04. The predicted octanol–water partition coefficient (Wildman–Crippen LogP) is 5.46. The fraction of sp³-hybridized carbons (Fsp3) is 1.00. The monoisotopic (exact) mass is 266 g/mol. The Morgan fingerprint density at radius 3 is 1.26 bits per heavy atom. The predicted molar refractivity (Wildman–Crippen MR) is 82.2 cm³/mol. The molecule has 19 heavy (non-hydrogen) atoms. The maximum absolute atomic E-state index is 9.43. The van der Waals surface area contributed by atoms with Crippen LogP contribution >= 0.6 is 0 Å². The minimum absolute atomic E-state index is 0.0276. The van der Waals surface area contributed by atoms with Gasteiger partial charge in [0.05, 0.1) is 6.10 Å². The molecule has 3 aliphatic rings. The van der Waals surface area contributed by atoms with Gasteiger partial charge in [-0.15, -0.1) is 0 Å². The van der Waals surface area contributed by atoms with Crippen molar-refractivity contribution in [2.24, 2.45) is 11.8 Å². The SMILES string of the molecule is C1CCCCC1.OC1CCC(C2CCCCC2)CC1. The maximum atomic E-state index is 9.43. The molecule has 0 unspecified atom stereocenters. The Kier molecular flexibility index (Phi) is 7.27. The Morgan fingerprint density at radius 2 is 0.789 bits per heavy atom. The summed E-state index contributed by atoms with van der Waals surface area (Å²) < 4.78 is 0. The molecule has 0 aromatic rings. The van der Waals surface area contributed by atoms with Gasteiger partial charge in [-0.2, -0.15) is 0 Å². The van der Waals surface area contributed by atoms with Crippen LogP contribution in [0.25, 0.3) is 0 Å². The summed E-state index contributed by atoms with van der Waals surface area (Å²) in [7, 11) is 0. The van der Waals surface area contributed by atoms with Gasteiger partial charge in [-0.05, 0) is 37.5 Å². The molecule has 3 rings (SSSR count). The van der Waals surface area contributed by atoms with E-state index in [2.05, 4.69) is 0 Å². The number of hydrogen-bond donors (Lipinski definition) is 1. The lowest BCUT2D eigenvalue weighted by Crippen LogP contribution is -2.25. The molecule has 0 aromatic heterocycles. The van der Waals surface area contributed by atoms with Crippen LogP contribution in [0.3, 0.4) is 0 Å². The van der Waals surface area contributed by atoms with E-state index in [0.29, 0.717) is 0 Å². The number of hydrogen-bond acceptors (Lipinski definition) is 1. The third-order valence-corrected chi connectivity index (χ3v) is 5.56. The van der Waals surface area contributed by atoms with E-state index in [1.807, 2.05) is 0 Å². The third-order valence-electron chi connectivity index (χ3n) is 5.56. The number of rotatable bonds is 1. The molecule has 0 saturated heterocycles. The molecule has 3 fully saturated rings. The van der Waals surface area contributed by atoms with Gasteiger partial charge in [0.15, 0.2) is 0 Å². The molecule has 3 aliphatic carbocycles. The van der Waals surface area contributed by atoms with Crippen LogP contribution in [0.5, 0.6) is 0 Å². The van der Waals surface area contributed by atoms with Crippen molar-refractivity contribution in [1.29, 1.82) is 0 Å². The van der Waals surface area contributed by atoms with Crippen LogP contribution in [0.15, 0.2) is 0 Å². The highest BCUT2D eigenvalue weighted by Crippen LogP contribution is 2.38. The molecule has 1 heteroatoms. The summed E-state index contributed by atoms with van der Waals surface area (Å²) in [5, 5.41) is 9.43. The third kappa shape index (κ3) is 5.85. The summed E-state index contributed by atoms with van der Waals surface area (Å²) in [6.45, 7) is 0. The van der Waals surface area contributed by atoms with Crippen LogP contribution in [0.4, 0.5) is 0 Å². The van der Waals surface area contributed by atoms with Gasteiger partial charge in [-0.25, -0.2) is 0 Å². The van der Waals surface area contributed by atoms with Crippen LogP contribution in [-0.4, -0.2) is 11.2 Å². The zero-order valence-electron chi connectivity index (χ0n) is 12.8. The number of aliphatic hydroxyl groups is 1. The average Bonchev–Trinajstić information content (AvgIpc) is 2.51. The first kappa shape index (κ1) is 15.4. The summed E-state index contributed by atoms with van der Waals surface area (Å²) in [5.41, 5.74) is 0. The first-order valence-electron chi connectivity index (χ1n) is 9.04. The summed E-state index contributed by atoms with van der Waals surface area (Å²) in [6, 6.07) is 0. The number of aliphatic hydroxyl groups excluding tert-OH is 1. The van der Waals surface area contributed by atoms with Crippen LogP contribution < -0.4 is 0 Å². The summed E-state index contributed by atoms with van der Waals surface area (Å²) in [4.78, 5) is 0. The molecule has 0 aromatic carbocycles. The Morgan fingerprint density at radius 1 is 0.421 bits per heavy atom. The molecule has 0 heterocycles. The molecule has 0 aliphatic heterocycles. The van der Waals surface area contributed by atoms with Crippen molar-refractivity contribution in [2.75, 3.05) is 0 Å². The van der Waals surface area contributed by atoms with Crippen LogP contribution in [0, 0.1) is 11.8 Å². The summed E-state index contributed by atoms with van der Waals surface area (Å²) in [6.07, 6.45) is 21.1. The van der Waals surface area contributed by atoms with Gasteiger partial charge in [0.2, 0.25) is 0 Å². The topological polar surface area (TPSA) is 20.2 Å². The lowest BCUT2D eigenvalue weighted by atomic mass is 9.73. The second-order valence-corrected chi connectivity index (χ2v) is 7.09. The molecular weight excluding hydrogens is 232 g/mol. The minimum Gasteiger partial charge on any atom is -0.393 e. The van der Waals surface area contributed by atoms with Crippen molar-refractivity contribution in [2.45, 2.75) is 102 Å². The standard InChI is InChI=1S/C12H22O.C6H12/c13-12-8-6-11(7-9-12)10-4-2-1-3-5-10;1-2-4-6-5-3-1/h10-13H,1-9H2;1-6H2. The van der Waals surface area contributed by atoms with E-state index in [4.69, 9.17) is 0 Å². The highest BCUT2D eigenvalue weighted by molar-refractivity contribution is 4.79. The summed E-state index contributed by atoms with van der Waals surface area (Å²) in [5.74, 6) is 1.98. The van der Waals surface area contributed by atoms with Gasteiger partial charge in [0, 0.05) is 0 Å². The Hall–Kier alpha value is -0.0400. The van der Waals surface area contributed by atoms with Gasteiger partial charge in [0.1, 0.15) is 0 Å². The molecule has 0 atom stereocenters. The van der Waals surface area contributed by atoms with E-state index in [1.165, 1.54) is 83.5 Å². The van der Waals surface area contributed by atoms with Crippen molar-refractivity contribution in [3.8, 4) is 0 Å². The molecule has 0 spiro atoms. The van der Waals surface area contributed by atoms with Crippen LogP contribution in [0.2, 0.25) is 0 Å². The highest BCUT2D eigenvalue weighted by Gasteiger charge is 2.27. The van der Waals surface area contributed by atoms with E-state index in [1.54, 1.807) is 0 Å². The Balaban J connectivity index is 0.000000186. The van der Waals surface area contributed by atoms with E-state index < -0.39 is 0 Å². The first-order chi connectivity index (χ1) is 9.36. The van der Waals surface area contributed by atoms with Crippen molar-refractivity contribution in [3.05, 3.63) is 0 Å². The fourth-order valence-corrected chi connectivity index (χ4v) is 4.24. The highest BCUT2D eigenvalue weighted by atomic mass is 16.3. The van der Waals surface area contributed by atoms with Crippen molar-refractivity contribution >= 4 is 0 Å². The zero-order chi connectivity index (χ0) is 13.3. The maximum Gasteiger partial charge on any atom is 0.0540 e. The largest absolute Gasteiger partial charge is 0.393 e.